The zero-order valence-corrected chi connectivity index (χ0v) is 8.31. The summed E-state index contributed by atoms with van der Waals surface area (Å²) in [6, 6.07) is 0. The maximum atomic E-state index is 5.40. The monoisotopic (exact) mass is 188 g/mol. The molecule has 1 aliphatic rings. The normalized spacial score (nSPS) is 37.8. The predicted octanol–water partition coefficient (Wildman–Crippen LogP) is 2.52. The number of terminal acetylenes is 1. The van der Waals surface area contributed by atoms with Crippen molar-refractivity contribution >= 4 is 28.4 Å². The molecule has 0 saturated heterocycles. The standard InChI is InChI=1S/C7H9PS2/c1-3-7-4-5-8(9,6-7)10-2/h1,4-5,7H,6H2,2H3. The van der Waals surface area contributed by atoms with Gasteiger partial charge in [-0.3, -0.25) is 0 Å². The van der Waals surface area contributed by atoms with E-state index in [1.54, 1.807) is 11.4 Å². The van der Waals surface area contributed by atoms with Crippen LogP contribution in [0.4, 0.5) is 0 Å². The minimum atomic E-state index is -1.20. The van der Waals surface area contributed by atoms with Gasteiger partial charge in [-0.2, -0.15) is 0 Å². The van der Waals surface area contributed by atoms with Crippen molar-refractivity contribution in [2.75, 3.05) is 12.4 Å². The van der Waals surface area contributed by atoms with Gasteiger partial charge in [-0.15, -0.1) is 17.8 Å². The molecule has 54 valence electrons. The van der Waals surface area contributed by atoms with Crippen molar-refractivity contribution < 1.29 is 0 Å². The van der Waals surface area contributed by atoms with Gasteiger partial charge in [0.25, 0.3) is 0 Å². The van der Waals surface area contributed by atoms with E-state index >= 15 is 0 Å². The Morgan fingerprint density at radius 2 is 2.60 bits per heavy atom. The lowest BCUT2D eigenvalue weighted by Crippen LogP contribution is -1.90. The predicted molar refractivity (Wildman–Crippen MR) is 54.1 cm³/mol. The van der Waals surface area contributed by atoms with Crippen molar-refractivity contribution in [3.63, 3.8) is 0 Å². The summed E-state index contributed by atoms with van der Waals surface area (Å²) in [6.45, 7) is 0. The summed E-state index contributed by atoms with van der Waals surface area (Å²) in [6.07, 6.45) is 10.5. The van der Waals surface area contributed by atoms with Crippen LogP contribution in [-0.2, 0) is 11.8 Å². The number of hydrogen-bond acceptors (Lipinski definition) is 2. The van der Waals surface area contributed by atoms with Gasteiger partial charge >= 0.3 is 0 Å². The van der Waals surface area contributed by atoms with Crippen LogP contribution in [0.3, 0.4) is 0 Å². The summed E-state index contributed by atoms with van der Waals surface area (Å²) < 4.78 is 0. The molecule has 0 bridgehead atoms. The van der Waals surface area contributed by atoms with Crippen molar-refractivity contribution in [2.45, 2.75) is 0 Å². The Morgan fingerprint density at radius 1 is 1.90 bits per heavy atom. The lowest BCUT2D eigenvalue weighted by molar-refractivity contribution is 1.02. The highest BCUT2D eigenvalue weighted by molar-refractivity contribution is 8.71. The third-order valence-electron chi connectivity index (χ3n) is 1.52. The molecular weight excluding hydrogens is 179 g/mol. The second-order valence-electron chi connectivity index (χ2n) is 2.21. The van der Waals surface area contributed by atoms with E-state index in [9.17, 15) is 0 Å². The first-order chi connectivity index (χ1) is 4.70. The largest absolute Gasteiger partial charge is 0.123 e. The van der Waals surface area contributed by atoms with Crippen molar-refractivity contribution in [1.82, 2.24) is 0 Å². The van der Waals surface area contributed by atoms with E-state index in [0.717, 1.165) is 6.16 Å². The molecule has 0 aromatic rings. The molecule has 0 aromatic heterocycles. The number of hydrogen-bond donors (Lipinski definition) is 0. The molecule has 0 amide bonds. The van der Waals surface area contributed by atoms with E-state index in [2.05, 4.69) is 24.1 Å². The van der Waals surface area contributed by atoms with Crippen LogP contribution >= 0.6 is 16.6 Å². The lowest BCUT2D eigenvalue weighted by atomic mass is 10.2. The van der Waals surface area contributed by atoms with Crippen LogP contribution in [0.1, 0.15) is 0 Å². The van der Waals surface area contributed by atoms with E-state index in [-0.39, 0.29) is 0 Å². The highest BCUT2D eigenvalue weighted by atomic mass is 32.9. The van der Waals surface area contributed by atoms with Gasteiger partial charge in [0, 0.05) is 17.3 Å². The molecule has 0 saturated carbocycles. The van der Waals surface area contributed by atoms with Crippen molar-refractivity contribution in [1.29, 1.82) is 0 Å². The van der Waals surface area contributed by atoms with Gasteiger partial charge in [0.15, 0.2) is 0 Å². The van der Waals surface area contributed by atoms with E-state index in [1.807, 2.05) is 0 Å². The summed E-state index contributed by atoms with van der Waals surface area (Å²) >= 11 is 7.20. The first-order valence-corrected chi connectivity index (χ1v) is 7.89. The molecule has 0 N–H and O–H groups in total. The molecule has 1 aliphatic heterocycles. The molecule has 1 rings (SSSR count). The molecule has 0 nitrogen and oxygen atoms in total. The molecule has 2 unspecified atom stereocenters. The molecule has 3 heteroatoms. The zero-order chi connectivity index (χ0) is 7.61. The first-order valence-electron chi connectivity index (χ1n) is 3.00. The highest BCUT2D eigenvalue weighted by Crippen LogP contribution is 2.63. The Balaban J connectivity index is 2.71. The molecule has 0 spiro atoms. The molecular formula is C7H9PS2. The smallest absolute Gasteiger partial charge is 0.0440 e. The first kappa shape index (κ1) is 8.40. The topological polar surface area (TPSA) is 0 Å². The van der Waals surface area contributed by atoms with Gasteiger partial charge in [0.05, 0.1) is 0 Å². The second kappa shape index (κ2) is 3.13. The minimum Gasteiger partial charge on any atom is -0.123 e. The summed E-state index contributed by atoms with van der Waals surface area (Å²) in [5, 5.41) is -1.20. The molecule has 2 atom stereocenters. The van der Waals surface area contributed by atoms with Crippen LogP contribution in [0.15, 0.2) is 11.9 Å². The van der Waals surface area contributed by atoms with Gasteiger partial charge < -0.3 is 0 Å². The third-order valence-corrected chi connectivity index (χ3v) is 8.49. The van der Waals surface area contributed by atoms with Gasteiger partial charge in [-0.1, -0.05) is 23.8 Å². The SMILES string of the molecule is C#CC1C=CP(=S)(SC)C1. The van der Waals surface area contributed by atoms with Crippen LogP contribution in [-0.4, -0.2) is 12.4 Å². The molecule has 1 heterocycles. The fourth-order valence-electron chi connectivity index (χ4n) is 0.875. The third kappa shape index (κ3) is 1.66. The Labute approximate surface area is 71.2 Å². The maximum absolute atomic E-state index is 5.40. The maximum Gasteiger partial charge on any atom is 0.0440 e. The van der Waals surface area contributed by atoms with E-state index in [0.29, 0.717) is 5.92 Å². The number of allylic oxidation sites excluding steroid dienone is 1. The van der Waals surface area contributed by atoms with Gasteiger partial charge in [-0.05, 0) is 12.1 Å². The summed E-state index contributed by atoms with van der Waals surface area (Å²) in [4.78, 5) is 0. The van der Waals surface area contributed by atoms with Crippen LogP contribution < -0.4 is 0 Å². The van der Waals surface area contributed by atoms with Crippen molar-refractivity contribution in [2.24, 2.45) is 5.92 Å². The average Bonchev–Trinajstić information content (AvgIpc) is 2.33. The van der Waals surface area contributed by atoms with Crippen LogP contribution in [0.5, 0.6) is 0 Å². The Bertz CT molecular complexity index is 236. The van der Waals surface area contributed by atoms with E-state index in [4.69, 9.17) is 18.2 Å². The average molecular weight is 188 g/mol. The molecule has 0 aromatic carbocycles. The van der Waals surface area contributed by atoms with Gasteiger partial charge in [0.1, 0.15) is 0 Å². The van der Waals surface area contributed by atoms with Crippen LogP contribution in [0, 0.1) is 18.3 Å². The lowest BCUT2D eigenvalue weighted by Gasteiger charge is -2.08. The summed E-state index contributed by atoms with van der Waals surface area (Å²) in [5.74, 6) is 5.18. The molecule has 0 aliphatic carbocycles. The summed E-state index contributed by atoms with van der Waals surface area (Å²) in [7, 11) is 0. The summed E-state index contributed by atoms with van der Waals surface area (Å²) in [5.41, 5.74) is 0. The Hall–Kier alpha value is 0.300. The molecule has 0 fully saturated rings. The molecule has 0 radical (unpaired) electrons. The highest BCUT2D eigenvalue weighted by Gasteiger charge is 2.21. The van der Waals surface area contributed by atoms with Crippen molar-refractivity contribution in [3.05, 3.63) is 11.9 Å². The minimum absolute atomic E-state index is 0.318. The van der Waals surface area contributed by atoms with E-state index in [1.165, 1.54) is 0 Å². The van der Waals surface area contributed by atoms with E-state index < -0.39 is 5.24 Å². The Morgan fingerprint density at radius 3 is 2.90 bits per heavy atom. The van der Waals surface area contributed by atoms with Gasteiger partial charge in [0.2, 0.25) is 0 Å². The fraction of sp³-hybridized carbons (Fsp3) is 0.429. The quantitative estimate of drug-likeness (QED) is 0.458. The molecule has 10 heavy (non-hydrogen) atoms. The van der Waals surface area contributed by atoms with Crippen molar-refractivity contribution in [3.8, 4) is 12.3 Å². The Kier molecular flexibility index (Phi) is 2.63. The fourth-order valence-corrected chi connectivity index (χ4v) is 4.71. The second-order valence-corrected chi connectivity index (χ2v) is 10.4. The number of rotatable bonds is 1. The van der Waals surface area contributed by atoms with Gasteiger partial charge in [-0.25, -0.2) is 0 Å². The van der Waals surface area contributed by atoms with Crippen LogP contribution in [0.25, 0.3) is 0 Å². The zero-order valence-electron chi connectivity index (χ0n) is 5.78. The van der Waals surface area contributed by atoms with Crippen LogP contribution in [0.2, 0.25) is 0 Å².